The largest absolute Gasteiger partial charge is 0.573 e. The average Bonchev–Trinajstić information content (AvgIpc) is 2.68. The Labute approximate surface area is 127 Å². The molecule has 0 unspecified atom stereocenters. The van der Waals surface area contributed by atoms with Crippen molar-refractivity contribution in [3.8, 4) is 5.75 Å². The predicted octanol–water partition coefficient (Wildman–Crippen LogP) is 4.43. The maximum atomic E-state index is 12.3. The van der Waals surface area contributed by atoms with Gasteiger partial charge < -0.3 is 15.4 Å². The monoisotopic (exact) mass is 316 g/mol. The summed E-state index contributed by atoms with van der Waals surface area (Å²) in [4.78, 5) is 12.0. The predicted molar refractivity (Wildman–Crippen MR) is 76.8 cm³/mol. The molecule has 22 heavy (non-hydrogen) atoms. The van der Waals surface area contributed by atoms with Crippen LogP contribution in [-0.2, 0) is 0 Å². The Kier molecular flexibility index (Phi) is 5.51. The van der Waals surface area contributed by atoms with Crippen molar-refractivity contribution in [1.82, 2.24) is 5.32 Å². The van der Waals surface area contributed by atoms with E-state index >= 15 is 0 Å². The minimum absolute atomic E-state index is 0.00838. The zero-order chi connectivity index (χ0) is 16.0. The maximum absolute atomic E-state index is 12.3. The lowest BCUT2D eigenvalue weighted by molar-refractivity contribution is -0.274. The van der Waals surface area contributed by atoms with E-state index in [0.29, 0.717) is 0 Å². The summed E-state index contributed by atoms with van der Waals surface area (Å²) in [6.07, 6.45) is 1.42. The molecule has 1 aliphatic carbocycles. The molecule has 2 N–H and O–H groups in total. The number of carbonyl (C=O) groups is 1. The molecule has 0 radical (unpaired) electrons. The number of alkyl halides is 3. The summed E-state index contributed by atoms with van der Waals surface area (Å²) in [5.74, 6) is -0.425. The Bertz CT molecular complexity index is 498. The van der Waals surface area contributed by atoms with Crippen molar-refractivity contribution in [2.75, 3.05) is 5.32 Å². The quantitative estimate of drug-likeness (QED) is 0.811. The van der Waals surface area contributed by atoms with Gasteiger partial charge in [-0.2, -0.15) is 0 Å². The van der Waals surface area contributed by atoms with Crippen LogP contribution in [0.2, 0.25) is 0 Å². The molecule has 0 saturated heterocycles. The van der Waals surface area contributed by atoms with Crippen LogP contribution in [0.4, 0.5) is 23.7 Å². The lowest BCUT2D eigenvalue weighted by atomic mass is 10.1. The molecule has 1 aromatic carbocycles. The molecule has 1 saturated carbocycles. The number of amides is 2. The molecule has 0 aromatic heterocycles. The van der Waals surface area contributed by atoms with E-state index in [1.54, 1.807) is 0 Å². The summed E-state index contributed by atoms with van der Waals surface area (Å²) >= 11 is 0. The van der Waals surface area contributed by atoms with Gasteiger partial charge >= 0.3 is 12.4 Å². The van der Waals surface area contributed by atoms with Crippen LogP contribution in [0, 0.1) is 0 Å². The number of carbonyl (C=O) groups excluding carboxylic acids is 1. The molecule has 0 aliphatic heterocycles. The standard InChI is InChI=1S/C15H19F3N2O2/c16-15(17,18)22-13-10-6-5-9-12(13)20-14(21)19-11-7-3-1-2-4-8-11/h5-6,9-11H,1-4,7-8H2,(H2,19,20,21). The highest BCUT2D eigenvalue weighted by Gasteiger charge is 2.32. The third-order valence-electron chi connectivity index (χ3n) is 3.55. The first kappa shape index (κ1) is 16.5. The molecule has 7 heteroatoms. The summed E-state index contributed by atoms with van der Waals surface area (Å²) in [5.41, 5.74) is -0.00838. The fourth-order valence-electron chi connectivity index (χ4n) is 2.55. The zero-order valence-corrected chi connectivity index (χ0v) is 12.1. The minimum atomic E-state index is -4.80. The van der Waals surface area contributed by atoms with Crippen LogP contribution in [-0.4, -0.2) is 18.4 Å². The first-order chi connectivity index (χ1) is 10.4. The summed E-state index contributed by atoms with van der Waals surface area (Å²) < 4.78 is 40.9. The van der Waals surface area contributed by atoms with E-state index in [1.807, 2.05) is 0 Å². The van der Waals surface area contributed by atoms with Gasteiger partial charge in [0.1, 0.15) is 0 Å². The van der Waals surface area contributed by atoms with Crippen LogP contribution < -0.4 is 15.4 Å². The SMILES string of the molecule is O=C(Nc1ccccc1OC(F)(F)F)NC1CCCCCC1. The maximum Gasteiger partial charge on any atom is 0.573 e. The van der Waals surface area contributed by atoms with Gasteiger partial charge in [0.15, 0.2) is 5.75 Å². The number of nitrogens with one attached hydrogen (secondary N) is 2. The number of hydrogen-bond acceptors (Lipinski definition) is 2. The van der Waals surface area contributed by atoms with Gasteiger partial charge in [0.25, 0.3) is 0 Å². The Morgan fingerprint density at radius 2 is 1.73 bits per heavy atom. The normalized spacial score (nSPS) is 16.7. The number of para-hydroxylation sites is 2. The molecule has 1 aliphatic rings. The first-order valence-corrected chi connectivity index (χ1v) is 7.36. The molecule has 122 valence electrons. The average molecular weight is 316 g/mol. The van der Waals surface area contributed by atoms with Crippen molar-refractivity contribution < 1.29 is 22.7 Å². The van der Waals surface area contributed by atoms with Crippen molar-refractivity contribution >= 4 is 11.7 Å². The Morgan fingerprint density at radius 1 is 1.09 bits per heavy atom. The molecule has 1 aromatic rings. The van der Waals surface area contributed by atoms with Crippen LogP contribution in [0.3, 0.4) is 0 Å². The minimum Gasteiger partial charge on any atom is -0.404 e. The second kappa shape index (κ2) is 7.38. The summed E-state index contributed by atoms with van der Waals surface area (Å²) in [7, 11) is 0. The van der Waals surface area contributed by atoms with Gasteiger partial charge in [0.2, 0.25) is 0 Å². The third kappa shape index (κ3) is 5.46. The van der Waals surface area contributed by atoms with E-state index < -0.39 is 18.1 Å². The zero-order valence-electron chi connectivity index (χ0n) is 12.1. The smallest absolute Gasteiger partial charge is 0.404 e. The second-order valence-corrected chi connectivity index (χ2v) is 5.33. The van der Waals surface area contributed by atoms with Crippen LogP contribution in [0.15, 0.2) is 24.3 Å². The van der Waals surface area contributed by atoms with Crippen LogP contribution >= 0.6 is 0 Å². The number of rotatable bonds is 3. The molecule has 0 atom stereocenters. The number of anilines is 1. The van der Waals surface area contributed by atoms with Gasteiger partial charge in [-0.15, -0.1) is 13.2 Å². The molecule has 2 rings (SSSR count). The lowest BCUT2D eigenvalue weighted by Gasteiger charge is -2.18. The van der Waals surface area contributed by atoms with Crippen molar-refractivity contribution in [1.29, 1.82) is 0 Å². The lowest BCUT2D eigenvalue weighted by Crippen LogP contribution is -2.37. The van der Waals surface area contributed by atoms with Gasteiger partial charge in [-0.3, -0.25) is 0 Å². The molecule has 2 amide bonds. The van der Waals surface area contributed by atoms with Gasteiger partial charge in [-0.05, 0) is 25.0 Å². The Hall–Kier alpha value is -1.92. The third-order valence-corrected chi connectivity index (χ3v) is 3.55. The molecule has 0 bridgehead atoms. The molecule has 0 spiro atoms. The van der Waals surface area contributed by atoms with Crippen molar-refractivity contribution in [3.05, 3.63) is 24.3 Å². The summed E-state index contributed by atoms with van der Waals surface area (Å²) in [5, 5.41) is 5.24. The van der Waals surface area contributed by atoms with Crippen molar-refractivity contribution in [2.24, 2.45) is 0 Å². The highest BCUT2D eigenvalue weighted by Crippen LogP contribution is 2.29. The Balaban J connectivity index is 1.96. The number of halogens is 3. The summed E-state index contributed by atoms with van der Waals surface area (Å²) in [6.45, 7) is 0. The van der Waals surface area contributed by atoms with E-state index in [0.717, 1.165) is 44.6 Å². The molecular formula is C15H19F3N2O2. The fraction of sp³-hybridized carbons (Fsp3) is 0.533. The molecule has 1 fully saturated rings. The van der Waals surface area contributed by atoms with Gasteiger partial charge in [-0.25, -0.2) is 4.79 Å². The number of urea groups is 1. The highest BCUT2D eigenvalue weighted by atomic mass is 19.4. The van der Waals surface area contributed by atoms with Gasteiger partial charge in [0, 0.05) is 6.04 Å². The topological polar surface area (TPSA) is 50.4 Å². The fourth-order valence-corrected chi connectivity index (χ4v) is 2.55. The van der Waals surface area contributed by atoms with E-state index in [4.69, 9.17) is 0 Å². The van der Waals surface area contributed by atoms with Crippen molar-refractivity contribution in [2.45, 2.75) is 50.9 Å². The van der Waals surface area contributed by atoms with Crippen LogP contribution in [0.25, 0.3) is 0 Å². The van der Waals surface area contributed by atoms with Crippen molar-refractivity contribution in [3.63, 3.8) is 0 Å². The molecule has 0 heterocycles. The summed E-state index contributed by atoms with van der Waals surface area (Å²) in [6, 6.07) is 5.03. The van der Waals surface area contributed by atoms with E-state index in [-0.39, 0.29) is 11.7 Å². The number of ether oxygens (including phenoxy) is 1. The van der Waals surface area contributed by atoms with E-state index in [2.05, 4.69) is 15.4 Å². The van der Waals surface area contributed by atoms with E-state index in [1.165, 1.54) is 18.2 Å². The molecule has 4 nitrogen and oxygen atoms in total. The highest BCUT2D eigenvalue weighted by molar-refractivity contribution is 5.91. The van der Waals surface area contributed by atoms with E-state index in [9.17, 15) is 18.0 Å². The molecular weight excluding hydrogens is 297 g/mol. The van der Waals surface area contributed by atoms with Crippen LogP contribution in [0.5, 0.6) is 5.75 Å². The number of hydrogen-bond donors (Lipinski definition) is 2. The Morgan fingerprint density at radius 3 is 2.36 bits per heavy atom. The number of benzene rings is 1. The second-order valence-electron chi connectivity index (χ2n) is 5.33. The first-order valence-electron chi connectivity index (χ1n) is 7.36. The van der Waals surface area contributed by atoms with Gasteiger partial charge in [-0.1, -0.05) is 37.8 Å². The van der Waals surface area contributed by atoms with Gasteiger partial charge in [0.05, 0.1) is 5.69 Å². The van der Waals surface area contributed by atoms with Crippen LogP contribution in [0.1, 0.15) is 38.5 Å².